The molecule has 71 heavy (non-hydrogen) atoms. The van der Waals surface area contributed by atoms with Crippen molar-refractivity contribution in [3.8, 4) is 0 Å². The molecule has 3 heterocycles. The number of ether oxygens (including phenoxy) is 5. The normalized spacial score (nSPS) is 16.6. The molecular formula is C52H66BF2N6O10. The summed E-state index contributed by atoms with van der Waals surface area (Å²) in [5, 5.41) is 5.55. The summed E-state index contributed by atoms with van der Waals surface area (Å²) in [4.78, 5) is 69.6. The molecule has 3 aliphatic heterocycles. The van der Waals surface area contributed by atoms with Gasteiger partial charge in [-0.1, -0.05) is 84.9 Å². The Balaban J connectivity index is 0.000000277. The minimum absolute atomic E-state index is 0. The summed E-state index contributed by atoms with van der Waals surface area (Å²) in [5.41, 5.74) is 0.659. The molecule has 3 aliphatic rings. The SMILES string of the molecule is C1CCOC1.CC(C)(C)OC(=O)N1CCN(C(=O)OCc2ccccc2)C(C(=O)Nc2ccccc2F)C1.CC(C)(C)OC(=O)N1CCN(C(=O)OCc2ccccc2)C(CNc2ccccc2F)C1.[B]. The topological polar surface area (TPSA) is 169 Å². The van der Waals surface area contributed by atoms with E-state index in [1.54, 1.807) is 75.6 Å². The van der Waals surface area contributed by atoms with Gasteiger partial charge < -0.3 is 44.1 Å². The molecule has 5 amide bonds. The van der Waals surface area contributed by atoms with Crippen molar-refractivity contribution in [3.63, 3.8) is 0 Å². The van der Waals surface area contributed by atoms with Gasteiger partial charge in [-0.15, -0.1) is 0 Å². The maximum atomic E-state index is 14.1. The molecule has 19 heteroatoms. The van der Waals surface area contributed by atoms with Crippen LogP contribution in [0.2, 0.25) is 0 Å². The standard InChI is InChI=1S/C24H28FN3O5.C24H30FN3O4.C4H8O.B/c1-24(2,3)33-22(30)27-13-14-28(23(31)32-16-17-9-5-4-6-10-17)20(15-27)21(29)26-19-12-8-7-11-18(19)25;1-24(2,3)32-22(29)27-13-14-28(23(30)31-17-18-9-5-4-6-10-18)19(16-27)15-26-21-12-8-7-11-20(21)25;1-2-4-5-3-1;/h4-12,20H,13-16H2,1-3H3,(H,26,29);4-12,19,26H,13-17H2,1-3H3;1-4H2;. The maximum absolute atomic E-state index is 14.1. The number of carbonyl (C=O) groups is 5. The first-order chi connectivity index (χ1) is 33.4. The quantitative estimate of drug-likeness (QED) is 0.121. The van der Waals surface area contributed by atoms with Gasteiger partial charge in [-0.25, -0.2) is 28.0 Å². The number of hydrogen-bond acceptors (Lipinski definition) is 11. The van der Waals surface area contributed by atoms with E-state index in [2.05, 4.69) is 10.6 Å². The minimum atomic E-state index is -1.09. The van der Waals surface area contributed by atoms with Gasteiger partial charge in [0.05, 0.1) is 24.0 Å². The Labute approximate surface area is 417 Å². The highest BCUT2D eigenvalue weighted by Gasteiger charge is 2.40. The summed E-state index contributed by atoms with van der Waals surface area (Å²) in [5.74, 6) is -1.63. The Hall–Kier alpha value is -6.89. The van der Waals surface area contributed by atoms with Crippen LogP contribution < -0.4 is 10.6 Å². The highest BCUT2D eigenvalue weighted by molar-refractivity contribution is 5.97. The zero-order valence-corrected chi connectivity index (χ0v) is 41.4. The molecule has 2 unspecified atom stereocenters. The Morgan fingerprint density at radius 3 is 1.48 bits per heavy atom. The average Bonchev–Trinajstić information content (AvgIpc) is 3.93. The summed E-state index contributed by atoms with van der Waals surface area (Å²) in [6.45, 7) is 14.0. The molecule has 0 spiro atoms. The molecule has 0 aliphatic carbocycles. The van der Waals surface area contributed by atoms with E-state index in [0.29, 0.717) is 12.2 Å². The molecule has 2 atom stereocenters. The monoisotopic (exact) mass is 983 g/mol. The van der Waals surface area contributed by atoms with Crippen LogP contribution in [0.25, 0.3) is 0 Å². The number of hydrogen-bond donors (Lipinski definition) is 2. The van der Waals surface area contributed by atoms with E-state index in [-0.39, 0.29) is 72.4 Å². The fraction of sp³-hybridized carbons (Fsp3) is 0.442. The molecule has 3 fully saturated rings. The van der Waals surface area contributed by atoms with Crippen molar-refractivity contribution in [2.75, 3.05) is 69.7 Å². The van der Waals surface area contributed by atoms with Crippen molar-refractivity contribution in [1.82, 2.24) is 19.6 Å². The third-order valence-electron chi connectivity index (χ3n) is 10.7. The van der Waals surface area contributed by atoms with Crippen LogP contribution in [-0.4, -0.2) is 141 Å². The molecular weight excluding hydrogens is 917 g/mol. The molecule has 0 aromatic heterocycles. The molecule has 7 rings (SSSR count). The highest BCUT2D eigenvalue weighted by atomic mass is 19.1. The second-order valence-electron chi connectivity index (χ2n) is 18.6. The Morgan fingerprint density at radius 2 is 1.01 bits per heavy atom. The van der Waals surface area contributed by atoms with Gasteiger partial charge in [-0.05, 0) is 89.8 Å². The van der Waals surface area contributed by atoms with Gasteiger partial charge >= 0.3 is 24.4 Å². The van der Waals surface area contributed by atoms with Crippen LogP contribution in [-0.2, 0) is 41.7 Å². The molecule has 0 bridgehead atoms. The van der Waals surface area contributed by atoms with Crippen LogP contribution in [0.1, 0.15) is 65.5 Å². The molecule has 4 aromatic rings. The van der Waals surface area contributed by atoms with E-state index >= 15 is 0 Å². The molecule has 3 saturated heterocycles. The number of halogens is 2. The van der Waals surface area contributed by atoms with Crippen LogP contribution in [0.15, 0.2) is 109 Å². The van der Waals surface area contributed by atoms with Crippen molar-refractivity contribution in [2.45, 2.75) is 90.9 Å². The zero-order valence-electron chi connectivity index (χ0n) is 41.4. The van der Waals surface area contributed by atoms with Gasteiger partial charge in [0.15, 0.2) is 0 Å². The van der Waals surface area contributed by atoms with Crippen molar-refractivity contribution >= 4 is 50.1 Å². The predicted octanol–water partition coefficient (Wildman–Crippen LogP) is 8.93. The Morgan fingerprint density at radius 1 is 0.577 bits per heavy atom. The Kier molecular flexibility index (Phi) is 22.0. The fourth-order valence-corrected chi connectivity index (χ4v) is 7.21. The van der Waals surface area contributed by atoms with Gasteiger partial charge in [-0.3, -0.25) is 14.6 Å². The second-order valence-corrected chi connectivity index (χ2v) is 18.6. The van der Waals surface area contributed by atoms with Gasteiger partial charge in [0.2, 0.25) is 5.91 Å². The van der Waals surface area contributed by atoms with E-state index in [9.17, 15) is 32.8 Å². The largest absolute Gasteiger partial charge is 0.445 e. The number of para-hydroxylation sites is 2. The summed E-state index contributed by atoms with van der Waals surface area (Å²) >= 11 is 0. The molecule has 2 N–H and O–H groups in total. The average molecular weight is 984 g/mol. The van der Waals surface area contributed by atoms with E-state index in [0.717, 1.165) is 24.3 Å². The maximum Gasteiger partial charge on any atom is 0.410 e. The summed E-state index contributed by atoms with van der Waals surface area (Å²) < 4.78 is 54.8. The second kappa shape index (κ2) is 27.5. The lowest BCUT2D eigenvalue weighted by atomic mass is 10.1. The molecule has 16 nitrogen and oxygen atoms in total. The number of piperazine rings is 2. The third-order valence-corrected chi connectivity index (χ3v) is 10.7. The van der Waals surface area contributed by atoms with E-state index in [1.165, 1.54) is 46.9 Å². The predicted molar refractivity (Wildman–Crippen MR) is 266 cm³/mol. The summed E-state index contributed by atoms with van der Waals surface area (Å²) in [6.07, 6.45) is 0.351. The zero-order chi connectivity index (χ0) is 50.7. The van der Waals surface area contributed by atoms with Gasteiger partial charge in [0.1, 0.15) is 42.1 Å². The first-order valence-electron chi connectivity index (χ1n) is 23.4. The number of benzene rings is 4. The first kappa shape index (κ1) is 56.7. The van der Waals surface area contributed by atoms with Crippen LogP contribution in [0.4, 0.5) is 39.3 Å². The summed E-state index contributed by atoms with van der Waals surface area (Å²) in [6, 6.07) is 29.1. The van der Waals surface area contributed by atoms with Crippen LogP contribution in [0.3, 0.4) is 0 Å². The highest BCUT2D eigenvalue weighted by Crippen LogP contribution is 2.22. The van der Waals surface area contributed by atoms with E-state index < -0.39 is 59.4 Å². The lowest BCUT2D eigenvalue weighted by Crippen LogP contribution is -2.61. The van der Waals surface area contributed by atoms with Gasteiger partial charge in [0.25, 0.3) is 0 Å². The van der Waals surface area contributed by atoms with Gasteiger partial charge in [0, 0.05) is 60.9 Å². The lowest BCUT2D eigenvalue weighted by molar-refractivity contribution is -0.122. The van der Waals surface area contributed by atoms with Crippen molar-refractivity contribution in [3.05, 3.63) is 132 Å². The summed E-state index contributed by atoms with van der Waals surface area (Å²) in [7, 11) is 0. The van der Waals surface area contributed by atoms with Crippen molar-refractivity contribution < 1.29 is 56.4 Å². The molecule has 0 saturated carbocycles. The molecule has 381 valence electrons. The number of nitrogens with zero attached hydrogens (tertiary/aromatic N) is 4. The number of amides is 5. The van der Waals surface area contributed by atoms with Crippen LogP contribution >= 0.6 is 0 Å². The minimum Gasteiger partial charge on any atom is -0.445 e. The molecule has 4 aromatic carbocycles. The molecule has 3 radical (unpaired) electrons. The van der Waals surface area contributed by atoms with Crippen molar-refractivity contribution in [2.24, 2.45) is 0 Å². The number of anilines is 2. The Bertz CT molecular complexity index is 2310. The lowest BCUT2D eigenvalue weighted by Gasteiger charge is -2.41. The number of nitrogens with one attached hydrogen (secondary N) is 2. The van der Waals surface area contributed by atoms with E-state index in [4.69, 9.17) is 23.7 Å². The van der Waals surface area contributed by atoms with Crippen LogP contribution in [0.5, 0.6) is 0 Å². The smallest absolute Gasteiger partial charge is 0.410 e. The fourth-order valence-electron chi connectivity index (χ4n) is 7.21. The van der Waals surface area contributed by atoms with Gasteiger partial charge in [-0.2, -0.15) is 0 Å². The number of rotatable bonds is 9. The van der Waals surface area contributed by atoms with Crippen LogP contribution in [0, 0.1) is 11.6 Å². The number of carbonyl (C=O) groups excluding carboxylic acids is 5. The van der Waals surface area contributed by atoms with E-state index in [1.807, 2.05) is 60.7 Å². The first-order valence-corrected chi connectivity index (χ1v) is 23.4. The van der Waals surface area contributed by atoms with Crippen molar-refractivity contribution in [1.29, 1.82) is 0 Å². The third kappa shape index (κ3) is 19.1.